The van der Waals surface area contributed by atoms with Crippen LogP contribution >= 0.6 is 11.6 Å². The van der Waals surface area contributed by atoms with Gasteiger partial charge in [-0.3, -0.25) is 4.79 Å². The Morgan fingerprint density at radius 1 is 1.14 bits per heavy atom. The SMILES string of the molecule is CCNC(=O)COc1ccc(/C=C(\Cl)c2ccc3ccccc3n2)cc1OC. The number of para-hydroxylation sites is 1. The fourth-order valence-electron chi connectivity index (χ4n) is 2.70. The number of fused-ring (bicyclic) bond motifs is 1. The van der Waals surface area contributed by atoms with Crippen LogP contribution in [0.1, 0.15) is 18.2 Å². The predicted octanol–water partition coefficient (Wildman–Crippen LogP) is 4.50. The van der Waals surface area contributed by atoms with Gasteiger partial charge >= 0.3 is 0 Å². The van der Waals surface area contributed by atoms with Crippen molar-refractivity contribution < 1.29 is 14.3 Å². The number of ether oxygens (including phenoxy) is 2. The van der Waals surface area contributed by atoms with Crippen molar-refractivity contribution in [2.75, 3.05) is 20.3 Å². The van der Waals surface area contributed by atoms with Gasteiger partial charge in [-0.05, 0) is 42.8 Å². The van der Waals surface area contributed by atoms with Gasteiger partial charge in [0.15, 0.2) is 18.1 Å². The second kappa shape index (κ2) is 9.24. The lowest BCUT2D eigenvalue weighted by atomic mass is 10.1. The van der Waals surface area contributed by atoms with E-state index in [4.69, 9.17) is 21.1 Å². The maximum Gasteiger partial charge on any atom is 0.257 e. The average molecular weight is 397 g/mol. The van der Waals surface area contributed by atoms with Crippen LogP contribution in [0.5, 0.6) is 11.5 Å². The van der Waals surface area contributed by atoms with Crippen LogP contribution in [-0.4, -0.2) is 31.2 Å². The molecule has 1 N–H and O–H groups in total. The van der Waals surface area contributed by atoms with Crippen LogP contribution in [-0.2, 0) is 4.79 Å². The van der Waals surface area contributed by atoms with Gasteiger partial charge in [0.2, 0.25) is 0 Å². The van der Waals surface area contributed by atoms with Crippen molar-refractivity contribution in [3.8, 4) is 11.5 Å². The van der Waals surface area contributed by atoms with E-state index in [1.807, 2.05) is 55.5 Å². The number of carbonyl (C=O) groups is 1. The average Bonchev–Trinajstić information content (AvgIpc) is 2.72. The Kier molecular flexibility index (Phi) is 6.50. The number of benzene rings is 2. The van der Waals surface area contributed by atoms with Crippen molar-refractivity contribution >= 4 is 39.5 Å². The summed E-state index contributed by atoms with van der Waals surface area (Å²) in [6.45, 7) is 2.35. The highest BCUT2D eigenvalue weighted by Gasteiger charge is 2.09. The molecule has 0 radical (unpaired) electrons. The number of methoxy groups -OCH3 is 1. The van der Waals surface area contributed by atoms with E-state index in [-0.39, 0.29) is 12.5 Å². The highest BCUT2D eigenvalue weighted by Crippen LogP contribution is 2.30. The number of rotatable bonds is 7. The molecule has 6 heteroatoms. The summed E-state index contributed by atoms with van der Waals surface area (Å²) >= 11 is 6.49. The quantitative estimate of drug-likeness (QED) is 0.639. The van der Waals surface area contributed by atoms with Crippen LogP contribution in [0.3, 0.4) is 0 Å². The molecule has 1 heterocycles. The Morgan fingerprint density at radius 2 is 1.96 bits per heavy atom. The van der Waals surface area contributed by atoms with Crippen LogP contribution in [0, 0.1) is 0 Å². The van der Waals surface area contributed by atoms with E-state index in [1.165, 1.54) is 0 Å². The molecule has 0 saturated carbocycles. The fourth-order valence-corrected chi connectivity index (χ4v) is 2.94. The fraction of sp³-hybridized carbons (Fsp3) is 0.182. The molecule has 0 aliphatic heterocycles. The van der Waals surface area contributed by atoms with Crippen LogP contribution in [0.15, 0.2) is 54.6 Å². The van der Waals surface area contributed by atoms with E-state index < -0.39 is 0 Å². The number of pyridine rings is 1. The van der Waals surface area contributed by atoms with E-state index in [0.717, 1.165) is 16.5 Å². The Bertz CT molecular complexity index is 1020. The summed E-state index contributed by atoms with van der Waals surface area (Å²) in [5.74, 6) is 0.832. The lowest BCUT2D eigenvalue weighted by molar-refractivity contribution is -0.123. The Morgan fingerprint density at radius 3 is 2.75 bits per heavy atom. The molecule has 144 valence electrons. The van der Waals surface area contributed by atoms with Crippen molar-refractivity contribution in [3.63, 3.8) is 0 Å². The maximum absolute atomic E-state index is 11.6. The second-order valence-corrected chi connectivity index (χ2v) is 6.44. The number of likely N-dealkylation sites (N-methyl/N-ethyl adjacent to an activating group) is 1. The molecule has 28 heavy (non-hydrogen) atoms. The van der Waals surface area contributed by atoms with Gasteiger partial charge < -0.3 is 14.8 Å². The molecule has 0 spiro atoms. The Balaban J connectivity index is 1.81. The van der Waals surface area contributed by atoms with E-state index >= 15 is 0 Å². The van der Waals surface area contributed by atoms with Crippen molar-refractivity contribution in [2.24, 2.45) is 0 Å². The zero-order valence-corrected chi connectivity index (χ0v) is 16.5. The van der Waals surface area contributed by atoms with E-state index in [9.17, 15) is 4.79 Å². The minimum Gasteiger partial charge on any atom is -0.493 e. The summed E-state index contributed by atoms with van der Waals surface area (Å²) in [4.78, 5) is 16.2. The molecule has 5 nitrogen and oxygen atoms in total. The first-order chi connectivity index (χ1) is 13.6. The number of amides is 1. The molecular weight excluding hydrogens is 376 g/mol. The molecular formula is C22H21ClN2O3. The number of aromatic nitrogens is 1. The molecule has 0 atom stereocenters. The topological polar surface area (TPSA) is 60.5 Å². The van der Waals surface area contributed by atoms with Crippen molar-refractivity contribution in [1.82, 2.24) is 10.3 Å². The highest BCUT2D eigenvalue weighted by molar-refractivity contribution is 6.51. The van der Waals surface area contributed by atoms with Gasteiger partial charge in [0.25, 0.3) is 5.91 Å². The number of nitrogens with zero attached hydrogens (tertiary/aromatic N) is 1. The van der Waals surface area contributed by atoms with Crippen molar-refractivity contribution in [3.05, 3.63) is 65.9 Å². The number of hydrogen-bond acceptors (Lipinski definition) is 4. The van der Waals surface area contributed by atoms with Gasteiger partial charge in [-0.1, -0.05) is 41.9 Å². The summed E-state index contributed by atoms with van der Waals surface area (Å²) in [7, 11) is 1.55. The molecule has 3 rings (SSSR count). The molecule has 0 aliphatic carbocycles. The summed E-state index contributed by atoms with van der Waals surface area (Å²) < 4.78 is 10.9. The first-order valence-electron chi connectivity index (χ1n) is 8.91. The third-order valence-electron chi connectivity index (χ3n) is 4.06. The smallest absolute Gasteiger partial charge is 0.257 e. The van der Waals surface area contributed by atoms with Crippen LogP contribution < -0.4 is 14.8 Å². The first-order valence-corrected chi connectivity index (χ1v) is 9.29. The van der Waals surface area contributed by atoms with Crippen LogP contribution in [0.2, 0.25) is 0 Å². The lowest BCUT2D eigenvalue weighted by Crippen LogP contribution is -2.28. The summed E-state index contributed by atoms with van der Waals surface area (Å²) in [6.07, 6.45) is 1.81. The van der Waals surface area contributed by atoms with E-state index in [0.29, 0.717) is 28.8 Å². The molecule has 0 saturated heterocycles. The predicted molar refractivity (Wildman–Crippen MR) is 113 cm³/mol. The van der Waals surface area contributed by atoms with Gasteiger partial charge in [0.1, 0.15) is 0 Å². The van der Waals surface area contributed by atoms with Crippen molar-refractivity contribution in [2.45, 2.75) is 6.92 Å². The standard InChI is InChI=1S/C22H21ClN2O3/c1-3-24-22(26)14-28-20-11-8-15(13-21(20)27-2)12-17(23)19-10-9-16-6-4-5-7-18(16)25-19/h4-13H,3,14H2,1-2H3,(H,24,26)/b17-12-. The maximum atomic E-state index is 11.6. The minimum absolute atomic E-state index is 0.0683. The normalized spacial score (nSPS) is 11.3. The number of hydrogen-bond donors (Lipinski definition) is 1. The lowest BCUT2D eigenvalue weighted by Gasteiger charge is -2.11. The van der Waals surface area contributed by atoms with Crippen LogP contribution in [0.4, 0.5) is 0 Å². The largest absolute Gasteiger partial charge is 0.493 e. The zero-order valence-electron chi connectivity index (χ0n) is 15.7. The zero-order chi connectivity index (χ0) is 19.9. The van der Waals surface area contributed by atoms with Gasteiger partial charge in [0, 0.05) is 11.9 Å². The van der Waals surface area contributed by atoms with Gasteiger partial charge in [0.05, 0.1) is 23.4 Å². The molecule has 0 aliphatic rings. The molecule has 1 amide bonds. The van der Waals surface area contributed by atoms with Crippen LogP contribution in [0.25, 0.3) is 22.0 Å². The number of carbonyl (C=O) groups excluding carboxylic acids is 1. The van der Waals surface area contributed by atoms with E-state index in [1.54, 1.807) is 19.2 Å². The first kappa shape index (κ1) is 19.7. The molecule has 0 fully saturated rings. The molecule has 0 bridgehead atoms. The summed E-state index contributed by atoms with van der Waals surface area (Å²) in [6, 6.07) is 17.2. The van der Waals surface area contributed by atoms with Gasteiger partial charge in [-0.25, -0.2) is 4.98 Å². The summed E-state index contributed by atoms with van der Waals surface area (Å²) in [5, 5.41) is 4.26. The summed E-state index contributed by atoms with van der Waals surface area (Å²) in [5.41, 5.74) is 2.41. The third kappa shape index (κ3) is 4.81. The Hall–Kier alpha value is -3.05. The Labute approximate surface area is 168 Å². The van der Waals surface area contributed by atoms with E-state index in [2.05, 4.69) is 10.3 Å². The van der Waals surface area contributed by atoms with Crippen molar-refractivity contribution in [1.29, 1.82) is 0 Å². The minimum atomic E-state index is -0.182. The molecule has 3 aromatic rings. The highest BCUT2D eigenvalue weighted by atomic mass is 35.5. The molecule has 1 aromatic heterocycles. The number of halogens is 1. The van der Waals surface area contributed by atoms with Gasteiger partial charge in [-0.15, -0.1) is 0 Å². The second-order valence-electron chi connectivity index (χ2n) is 6.03. The molecule has 2 aromatic carbocycles. The monoisotopic (exact) mass is 396 g/mol. The van der Waals surface area contributed by atoms with Gasteiger partial charge in [-0.2, -0.15) is 0 Å². The number of nitrogens with one attached hydrogen (secondary N) is 1. The third-order valence-corrected chi connectivity index (χ3v) is 4.36. The molecule has 0 unspecified atom stereocenters.